The van der Waals surface area contributed by atoms with E-state index in [0.29, 0.717) is 73.4 Å². The maximum Gasteiger partial charge on any atom is 0.319 e. The Labute approximate surface area is 454 Å². The maximum atomic E-state index is 14.6. The van der Waals surface area contributed by atoms with Gasteiger partial charge < -0.3 is 40.0 Å². The largest absolute Gasteiger partial charge is 0.491 e. The fourth-order valence-electron chi connectivity index (χ4n) is 15.5. The average Bonchev–Trinajstić information content (AvgIpc) is 3.74. The summed E-state index contributed by atoms with van der Waals surface area (Å²) in [6, 6.07) is 15.4. The van der Waals surface area contributed by atoms with Crippen molar-refractivity contribution in [3.63, 3.8) is 0 Å². The number of benzene rings is 2. The van der Waals surface area contributed by atoms with Crippen LogP contribution in [-0.2, 0) is 9.53 Å². The molecule has 4 bridgehead atoms. The molecule has 0 radical (unpaired) electrons. The van der Waals surface area contributed by atoms with Gasteiger partial charge in [-0.3, -0.25) is 4.79 Å². The minimum absolute atomic E-state index is 0.0376. The summed E-state index contributed by atoms with van der Waals surface area (Å²) in [6.07, 6.45) is 33.0. The van der Waals surface area contributed by atoms with Gasteiger partial charge >= 0.3 is 18.0 Å². The Balaban J connectivity index is 0.986. The Hall–Kier alpha value is -3.99. The van der Waals surface area contributed by atoms with E-state index >= 15 is 0 Å². The quantitative estimate of drug-likeness (QED) is 0.0471. The van der Waals surface area contributed by atoms with E-state index in [2.05, 4.69) is 70.1 Å². The van der Waals surface area contributed by atoms with Crippen LogP contribution in [0, 0.1) is 46.3 Å². The Bertz CT molecular complexity index is 2080. The van der Waals surface area contributed by atoms with Crippen LogP contribution in [0.2, 0.25) is 0 Å². The molecule has 2 aliphatic heterocycles. The minimum Gasteiger partial charge on any atom is -0.491 e. The fourth-order valence-corrected chi connectivity index (χ4v) is 15.5. The number of nitrogens with one attached hydrogen (secondary N) is 4. The summed E-state index contributed by atoms with van der Waals surface area (Å²) >= 11 is 0. The van der Waals surface area contributed by atoms with E-state index in [-0.39, 0.29) is 64.6 Å². The molecule has 4 fully saturated rings. The summed E-state index contributed by atoms with van der Waals surface area (Å²) in [5, 5.41) is 13.8. The van der Waals surface area contributed by atoms with Crippen molar-refractivity contribution in [3.05, 3.63) is 48.5 Å². The van der Waals surface area contributed by atoms with Crippen molar-refractivity contribution in [1.29, 1.82) is 0 Å². The van der Waals surface area contributed by atoms with Gasteiger partial charge in [-0.15, -0.1) is 0 Å². The van der Waals surface area contributed by atoms with Crippen molar-refractivity contribution in [3.8, 4) is 11.5 Å². The van der Waals surface area contributed by atoms with Crippen molar-refractivity contribution in [2.45, 2.75) is 226 Å². The molecule has 75 heavy (non-hydrogen) atoms. The van der Waals surface area contributed by atoms with Crippen LogP contribution in [0.15, 0.2) is 48.5 Å². The lowest BCUT2D eigenvalue weighted by atomic mass is 9.42. The first-order valence-corrected chi connectivity index (χ1v) is 30.8. The van der Waals surface area contributed by atoms with E-state index in [1.54, 1.807) is 0 Å². The summed E-state index contributed by atoms with van der Waals surface area (Å²) in [5.74, 6) is 2.85. The molecular formula is C64H104N5O6+. The van der Waals surface area contributed by atoms with E-state index in [9.17, 15) is 14.4 Å². The van der Waals surface area contributed by atoms with Crippen LogP contribution in [0.25, 0.3) is 0 Å². The molecule has 4 saturated carbocycles. The molecule has 0 unspecified atom stereocenters. The monoisotopic (exact) mass is 1040 g/mol. The van der Waals surface area contributed by atoms with Gasteiger partial charge in [-0.1, -0.05) is 161 Å². The van der Waals surface area contributed by atoms with Gasteiger partial charge in [0.25, 0.3) is 0 Å². The summed E-state index contributed by atoms with van der Waals surface area (Å²) in [6.45, 7) is 10.9. The van der Waals surface area contributed by atoms with Crippen LogP contribution in [0.3, 0.4) is 0 Å². The zero-order valence-electron chi connectivity index (χ0n) is 48.1. The highest BCUT2D eigenvalue weighted by Gasteiger charge is 2.67. The molecule has 11 atom stereocenters. The second-order valence-electron chi connectivity index (χ2n) is 25.7. The van der Waals surface area contributed by atoms with E-state index in [4.69, 9.17) is 14.2 Å². The number of fused-ring (bicyclic) bond motifs is 9. The second kappa shape index (κ2) is 28.6. The van der Waals surface area contributed by atoms with Crippen LogP contribution in [0.4, 0.5) is 21.0 Å². The standard InChI is InChI=1S/C64H103N5O6/c1-8-9-10-11-12-13-14-15-16-17-18-19-20-21-22-23-24-29-41-75-59(70)38-35-47(2)50-36-37-51-60-52-46-58(64(50,51)4)68-62(72)66-54-32-26-28-34-57(54)74-43-30-42-73-56-33-27-25-31-53(56)65-61(71)67-55(60)45-48-44-49(69(5,6)7)39-40-63(48,52)3/h25-28,31-34,47-52,55,58,60H,8-24,29-30,35-46H2,1-7H3,(H3-,65,66,67,68,71,72)/p+1/t47-,48+,49-,50-,51+,52+,55-,58+,60+,63+,64-/m1/s1. The van der Waals surface area contributed by atoms with Crippen molar-refractivity contribution in [2.24, 2.45) is 46.3 Å². The molecule has 4 N–H and O–H groups in total. The highest BCUT2D eigenvalue weighted by Crippen LogP contribution is 2.68. The van der Waals surface area contributed by atoms with Crippen LogP contribution >= 0.6 is 0 Å². The van der Waals surface area contributed by atoms with Gasteiger partial charge in [0, 0.05) is 31.3 Å². The molecule has 2 heterocycles. The second-order valence-corrected chi connectivity index (χ2v) is 25.7. The summed E-state index contributed by atoms with van der Waals surface area (Å²) < 4.78 is 19.3. The normalized spacial score (nSPS) is 29.3. The molecule has 6 aliphatic rings. The summed E-state index contributed by atoms with van der Waals surface area (Å²) in [7, 11) is 6.99. The van der Waals surface area contributed by atoms with Crippen LogP contribution in [0.1, 0.15) is 207 Å². The molecule has 0 aromatic heterocycles. The number of hydrogen-bond donors (Lipinski definition) is 4. The molecule has 11 heteroatoms. The number of ether oxygens (including phenoxy) is 3. The number of nitrogens with zero attached hydrogens (tertiary/aromatic N) is 1. The van der Waals surface area contributed by atoms with Gasteiger partial charge in [-0.25, -0.2) is 9.59 Å². The van der Waals surface area contributed by atoms with Gasteiger partial charge in [0.2, 0.25) is 0 Å². The number of hydrogen-bond acceptors (Lipinski definition) is 6. The molecule has 2 aromatic rings. The Kier molecular flexibility index (Phi) is 22.4. The highest BCUT2D eigenvalue weighted by molar-refractivity contribution is 5.92. The predicted octanol–water partition coefficient (Wildman–Crippen LogP) is 15.5. The fraction of sp³-hybridized carbons (Fsp3) is 0.766. The van der Waals surface area contributed by atoms with Crippen molar-refractivity contribution in [2.75, 3.05) is 51.6 Å². The number of amides is 4. The summed E-state index contributed by atoms with van der Waals surface area (Å²) in [4.78, 5) is 42.4. The first-order valence-electron chi connectivity index (χ1n) is 30.8. The van der Waals surface area contributed by atoms with Crippen molar-refractivity contribution >= 4 is 29.4 Å². The van der Waals surface area contributed by atoms with E-state index < -0.39 is 0 Å². The molecular weight excluding hydrogens is 935 g/mol. The Morgan fingerprint density at radius 2 is 1.21 bits per heavy atom. The minimum atomic E-state index is -0.287. The number of carbonyl (C=O) groups excluding carboxylic acids is 3. The molecule has 11 nitrogen and oxygen atoms in total. The van der Waals surface area contributed by atoms with Crippen LogP contribution in [-0.4, -0.2) is 81.6 Å². The number of rotatable bonds is 24. The Morgan fingerprint density at radius 1 is 0.680 bits per heavy atom. The first kappa shape index (κ1) is 58.7. The van der Waals surface area contributed by atoms with Gasteiger partial charge in [-0.05, 0) is 122 Å². The first-order chi connectivity index (χ1) is 36.2. The lowest BCUT2D eigenvalue weighted by molar-refractivity contribution is -0.898. The zero-order valence-corrected chi connectivity index (χ0v) is 48.1. The average molecular weight is 1040 g/mol. The van der Waals surface area contributed by atoms with Crippen molar-refractivity contribution < 1.29 is 33.1 Å². The predicted molar refractivity (Wildman–Crippen MR) is 306 cm³/mol. The number of unbranched alkanes of at least 4 members (excludes halogenated alkanes) is 17. The smallest absolute Gasteiger partial charge is 0.319 e. The third-order valence-corrected chi connectivity index (χ3v) is 20.0. The molecule has 4 aliphatic carbocycles. The molecule has 0 spiro atoms. The lowest BCUT2D eigenvalue weighted by Gasteiger charge is -2.65. The maximum absolute atomic E-state index is 14.6. The number of anilines is 2. The molecule has 8 rings (SSSR count). The molecule has 4 amide bonds. The van der Waals surface area contributed by atoms with E-state index in [0.717, 1.165) is 62.3 Å². The van der Waals surface area contributed by atoms with Crippen molar-refractivity contribution in [1.82, 2.24) is 10.6 Å². The SMILES string of the molecule is CCCCCCCCCCCCCCCCCCCCOC(=O)CC[C@@H](C)[C@H]1CC[C@H]2[C@@H]3[C@H]4C[C@@H]5C[C@H]([N+](C)(C)C)CC[C@]5(C)[C@H]3C[C@H](NC(=O)Nc3ccccc3OCCCOc3ccccc3NC(=O)N4)[C@]12C. The molecule has 420 valence electrons. The van der Waals surface area contributed by atoms with Gasteiger partial charge in [0.15, 0.2) is 0 Å². The number of para-hydroxylation sites is 4. The van der Waals surface area contributed by atoms with Crippen LogP contribution < -0.4 is 30.7 Å². The van der Waals surface area contributed by atoms with E-state index in [1.807, 2.05) is 48.5 Å². The number of urea groups is 2. The van der Waals surface area contributed by atoms with Gasteiger partial charge in [-0.2, -0.15) is 0 Å². The van der Waals surface area contributed by atoms with Gasteiger partial charge in [0.05, 0.1) is 58.4 Å². The number of quaternary nitrogens is 1. The van der Waals surface area contributed by atoms with Crippen LogP contribution in [0.5, 0.6) is 11.5 Å². The third kappa shape index (κ3) is 15.8. The zero-order chi connectivity index (χ0) is 53.3. The van der Waals surface area contributed by atoms with E-state index in [1.165, 1.54) is 109 Å². The lowest BCUT2D eigenvalue weighted by Crippen LogP contribution is -2.68. The Morgan fingerprint density at radius 3 is 1.77 bits per heavy atom. The third-order valence-electron chi connectivity index (χ3n) is 20.0. The molecule has 0 saturated heterocycles. The number of carbonyl (C=O) groups is 3. The summed E-state index contributed by atoms with van der Waals surface area (Å²) in [5.41, 5.74) is 1.06. The van der Waals surface area contributed by atoms with Gasteiger partial charge in [0.1, 0.15) is 11.5 Å². The topological polar surface area (TPSA) is 127 Å². The molecule has 2 aromatic carbocycles. The number of esters is 1. The highest BCUT2D eigenvalue weighted by atomic mass is 16.5.